The third kappa shape index (κ3) is 1.31. The van der Waals surface area contributed by atoms with Gasteiger partial charge in [-0.05, 0) is 42.9 Å². The number of aliphatic hydroxyl groups excluding tert-OH is 1. The summed E-state index contributed by atoms with van der Waals surface area (Å²) in [5, 5.41) is 9.35. The van der Waals surface area contributed by atoms with Gasteiger partial charge in [-0.1, -0.05) is 13.8 Å². The van der Waals surface area contributed by atoms with Gasteiger partial charge in [-0.15, -0.1) is 0 Å². The van der Waals surface area contributed by atoms with Crippen molar-refractivity contribution in [1.29, 1.82) is 0 Å². The molecule has 2 rings (SSSR count). The highest BCUT2D eigenvalue weighted by molar-refractivity contribution is 4.98. The topological polar surface area (TPSA) is 20.2 Å². The van der Waals surface area contributed by atoms with Crippen LogP contribution in [0.15, 0.2) is 0 Å². The van der Waals surface area contributed by atoms with Gasteiger partial charge in [0.1, 0.15) is 0 Å². The molecule has 0 heterocycles. The lowest BCUT2D eigenvalue weighted by molar-refractivity contribution is 0.0148. The van der Waals surface area contributed by atoms with Gasteiger partial charge >= 0.3 is 0 Å². The van der Waals surface area contributed by atoms with E-state index in [1.165, 1.54) is 19.3 Å². The summed E-state index contributed by atoms with van der Waals surface area (Å²) in [5.41, 5.74) is 0.606. The fourth-order valence-electron chi connectivity index (χ4n) is 2.17. The van der Waals surface area contributed by atoms with Crippen LogP contribution in [-0.2, 0) is 0 Å². The first kappa shape index (κ1) is 7.60. The largest absolute Gasteiger partial charge is 0.393 e. The normalized spacial score (nSPS) is 46.6. The van der Waals surface area contributed by atoms with Crippen molar-refractivity contribution in [1.82, 2.24) is 0 Å². The lowest BCUT2D eigenvalue weighted by Gasteiger charge is -2.32. The summed E-state index contributed by atoms with van der Waals surface area (Å²) in [4.78, 5) is 0. The van der Waals surface area contributed by atoms with E-state index in [-0.39, 0.29) is 6.10 Å². The van der Waals surface area contributed by atoms with Gasteiger partial charge in [0, 0.05) is 0 Å². The minimum absolute atomic E-state index is 0.0476. The van der Waals surface area contributed by atoms with Crippen LogP contribution in [0.25, 0.3) is 0 Å². The van der Waals surface area contributed by atoms with Gasteiger partial charge in [-0.25, -0.2) is 0 Å². The maximum absolute atomic E-state index is 9.35. The van der Waals surface area contributed by atoms with Gasteiger partial charge in [0.05, 0.1) is 6.10 Å². The summed E-state index contributed by atoms with van der Waals surface area (Å²) in [7, 11) is 0. The first-order valence-corrected chi connectivity index (χ1v) is 4.78. The van der Waals surface area contributed by atoms with Gasteiger partial charge in [0.25, 0.3) is 0 Å². The molecule has 0 amide bonds. The van der Waals surface area contributed by atoms with Gasteiger partial charge in [0.2, 0.25) is 0 Å². The zero-order chi connectivity index (χ0) is 8.06. The second-order valence-electron chi connectivity index (χ2n) is 5.03. The molecule has 2 saturated carbocycles. The third-order valence-electron chi connectivity index (χ3n) is 3.68. The average molecular weight is 154 g/mol. The third-order valence-corrected chi connectivity index (χ3v) is 3.68. The van der Waals surface area contributed by atoms with Crippen LogP contribution in [0.5, 0.6) is 0 Å². The molecule has 0 spiro atoms. The van der Waals surface area contributed by atoms with Crippen LogP contribution in [0.3, 0.4) is 0 Å². The zero-order valence-corrected chi connectivity index (χ0v) is 7.51. The van der Waals surface area contributed by atoms with Crippen LogP contribution in [0.2, 0.25) is 0 Å². The Morgan fingerprint density at radius 2 is 2.00 bits per heavy atom. The summed E-state index contributed by atoms with van der Waals surface area (Å²) in [6, 6.07) is 0. The van der Waals surface area contributed by atoms with Crippen molar-refractivity contribution in [3.8, 4) is 0 Å². The molecule has 1 heteroatoms. The number of hydrogen-bond donors (Lipinski definition) is 1. The van der Waals surface area contributed by atoms with Crippen molar-refractivity contribution in [3.05, 3.63) is 0 Å². The van der Waals surface area contributed by atoms with E-state index in [0.717, 1.165) is 12.3 Å². The van der Waals surface area contributed by atoms with Crippen molar-refractivity contribution >= 4 is 0 Å². The molecule has 3 atom stereocenters. The van der Waals surface area contributed by atoms with Crippen molar-refractivity contribution in [2.45, 2.75) is 45.6 Å². The molecule has 0 saturated heterocycles. The van der Waals surface area contributed by atoms with Crippen LogP contribution < -0.4 is 0 Å². The van der Waals surface area contributed by atoms with Gasteiger partial charge in [-0.2, -0.15) is 0 Å². The Morgan fingerprint density at radius 1 is 1.36 bits per heavy atom. The monoisotopic (exact) mass is 154 g/mol. The maximum Gasteiger partial charge on any atom is 0.0568 e. The molecule has 1 nitrogen and oxygen atoms in total. The van der Waals surface area contributed by atoms with E-state index in [4.69, 9.17) is 0 Å². The molecule has 0 radical (unpaired) electrons. The van der Waals surface area contributed by atoms with Crippen molar-refractivity contribution < 1.29 is 5.11 Å². The maximum atomic E-state index is 9.35. The Hall–Kier alpha value is -0.0400. The minimum atomic E-state index is 0.0476. The van der Waals surface area contributed by atoms with Crippen molar-refractivity contribution in [2.75, 3.05) is 0 Å². The number of aliphatic hydroxyl groups is 1. The highest BCUT2D eigenvalue weighted by atomic mass is 16.3. The second-order valence-corrected chi connectivity index (χ2v) is 5.03. The molecule has 2 aliphatic carbocycles. The standard InChI is InChI=1S/C10H18O/c1-10(2)6-8(10)5-7-3-4-9(7)11/h7-9,11H,3-6H2,1-2H3. The molecule has 0 aromatic heterocycles. The van der Waals surface area contributed by atoms with E-state index < -0.39 is 0 Å². The fourth-order valence-corrected chi connectivity index (χ4v) is 2.17. The second kappa shape index (κ2) is 2.22. The Balaban J connectivity index is 1.76. The van der Waals surface area contributed by atoms with E-state index in [1.54, 1.807) is 0 Å². The average Bonchev–Trinajstić information content (AvgIpc) is 2.51. The molecule has 0 aliphatic heterocycles. The molecule has 0 aromatic rings. The summed E-state index contributed by atoms with van der Waals surface area (Å²) in [6.45, 7) is 4.67. The summed E-state index contributed by atoms with van der Waals surface area (Å²) < 4.78 is 0. The predicted molar refractivity (Wildman–Crippen MR) is 45.2 cm³/mol. The molecular formula is C10H18O. The van der Waals surface area contributed by atoms with E-state index in [2.05, 4.69) is 13.8 Å². The first-order chi connectivity index (χ1) is 5.09. The molecule has 11 heavy (non-hydrogen) atoms. The first-order valence-electron chi connectivity index (χ1n) is 4.78. The van der Waals surface area contributed by atoms with Crippen molar-refractivity contribution in [3.63, 3.8) is 0 Å². The van der Waals surface area contributed by atoms with E-state index >= 15 is 0 Å². The van der Waals surface area contributed by atoms with Gasteiger partial charge in [-0.3, -0.25) is 0 Å². The van der Waals surface area contributed by atoms with Crippen LogP contribution >= 0.6 is 0 Å². The Kier molecular flexibility index (Phi) is 1.54. The molecule has 2 aliphatic rings. The molecule has 0 aromatic carbocycles. The quantitative estimate of drug-likeness (QED) is 0.646. The van der Waals surface area contributed by atoms with Crippen molar-refractivity contribution in [2.24, 2.45) is 17.3 Å². The van der Waals surface area contributed by atoms with E-state index in [9.17, 15) is 5.11 Å². The van der Waals surface area contributed by atoms with Crippen LogP contribution in [0, 0.1) is 17.3 Å². The van der Waals surface area contributed by atoms with Crippen LogP contribution in [0.4, 0.5) is 0 Å². The number of rotatable bonds is 2. The molecule has 2 fully saturated rings. The molecular weight excluding hydrogens is 136 g/mol. The summed E-state index contributed by atoms with van der Waals surface area (Å²) in [6.07, 6.45) is 5.04. The van der Waals surface area contributed by atoms with Gasteiger partial charge < -0.3 is 5.11 Å². The summed E-state index contributed by atoms with van der Waals surface area (Å²) in [5.74, 6) is 1.57. The van der Waals surface area contributed by atoms with E-state index in [0.29, 0.717) is 11.3 Å². The predicted octanol–water partition coefficient (Wildman–Crippen LogP) is 2.19. The fraction of sp³-hybridized carbons (Fsp3) is 1.00. The highest BCUT2D eigenvalue weighted by Crippen LogP contribution is 2.56. The summed E-state index contributed by atoms with van der Waals surface area (Å²) >= 11 is 0. The minimum Gasteiger partial charge on any atom is -0.393 e. The Morgan fingerprint density at radius 3 is 2.27 bits per heavy atom. The lowest BCUT2D eigenvalue weighted by atomic mass is 9.78. The lowest BCUT2D eigenvalue weighted by Crippen LogP contribution is -2.31. The Labute approximate surface area is 68.8 Å². The van der Waals surface area contributed by atoms with E-state index in [1.807, 2.05) is 0 Å². The van der Waals surface area contributed by atoms with Crippen LogP contribution in [0.1, 0.15) is 39.5 Å². The van der Waals surface area contributed by atoms with Crippen LogP contribution in [-0.4, -0.2) is 11.2 Å². The SMILES string of the molecule is CC1(C)CC1CC1CCC1O. The highest BCUT2D eigenvalue weighted by Gasteiger charge is 2.47. The molecule has 1 N–H and O–H groups in total. The molecule has 0 bridgehead atoms. The zero-order valence-electron chi connectivity index (χ0n) is 7.51. The Bertz CT molecular complexity index is 162. The molecule has 3 unspecified atom stereocenters. The smallest absolute Gasteiger partial charge is 0.0568 e. The van der Waals surface area contributed by atoms with Gasteiger partial charge in [0.15, 0.2) is 0 Å². The number of hydrogen-bond acceptors (Lipinski definition) is 1. The molecule has 64 valence electrons.